The minimum absolute atomic E-state index is 0.247. The summed E-state index contributed by atoms with van der Waals surface area (Å²) < 4.78 is 22.2. The average Bonchev–Trinajstić information content (AvgIpc) is 2.77. The van der Waals surface area contributed by atoms with E-state index in [1.807, 2.05) is 0 Å². The number of hydrogen-bond donors (Lipinski definition) is 8. The number of rotatable bonds is 11. The van der Waals surface area contributed by atoms with Crippen LogP contribution in [0.25, 0.3) is 0 Å². The highest BCUT2D eigenvalue weighted by Gasteiger charge is 2.51. The van der Waals surface area contributed by atoms with Gasteiger partial charge in [-0.2, -0.15) is 0 Å². The van der Waals surface area contributed by atoms with Crippen LogP contribution in [0.15, 0.2) is 0 Å². The number of hydrogen-bond acceptors (Lipinski definition) is 12. The molecule has 2 fully saturated rings. The Morgan fingerprint density at radius 1 is 0.906 bits per heavy atom. The van der Waals surface area contributed by atoms with Crippen molar-refractivity contribution in [2.24, 2.45) is 5.73 Å². The third-order valence-corrected chi connectivity index (χ3v) is 5.49. The molecular weight excluding hydrogens is 432 g/mol. The molecule has 0 aromatic rings. The zero-order valence-electron chi connectivity index (χ0n) is 18.0. The topological polar surface area (TPSA) is 213 Å². The van der Waals surface area contributed by atoms with Crippen molar-refractivity contribution >= 4 is 5.91 Å². The Hall–Kier alpha value is -0.970. The van der Waals surface area contributed by atoms with Crippen molar-refractivity contribution in [1.82, 2.24) is 5.32 Å². The third kappa shape index (κ3) is 6.77. The van der Waals surface area contributed by atoms with E-state index in [0.717, 1.165) is 12.8 Å². The molecule has 1 amide bonds. The van der Waals surface area contributed by atoms with E-state index in [9.17, 15) is 35.4 Å². The number of nitrogens with two attached hydrogens (primary N) is 1. The number of nitrogens with one attached hydrogen (secondary N) is 1. The molecule has 32 heavy (non-hydrogen) atoms. The first-order valence-corrected chi connectivity index (χ1v) is 10.7. The molecule has 2 rings (SSSR count). The fourth-order valence-corrected chi connectivity index (χ4v) is 3.72. The molecule has 10 atom stereocenters. The number of carbonyl (C=O) groups is 1. The van der Waals surface area contributed by atoms with Crippen molar-refractivity contribution in [2.45, 2.75) is 87.5 Å². The maximum atomic E-state index is 11.6. The largest absolute Gasteiger partial charge is 0.394 e. The molecule has 2 heterocycles. The monoisotopic (exact) mass is 468 g/mol. The molecule has 0 bridgehead atoms. The molecule has 0 spiro atoms. The van der Waals surface area contributed by atoms with Crippen LogP contribution < -0.4 is 11.1 Å². The third-order valence-electron chi connectivity index (χ3n) is 5.49. The van der Waals surface area contributed by atoms with Crippen LogP contribution >= 0.6 is 0 Å². The second-order valence-corrected chi connectivity index (χ2v) is 7.96. The van der Waals surface area contributed by atoms with Gasteiger partial charge in [-0.1, -0.05) is 0 Å². The zero-order valence-corrected chi connectivity index (χ0v) is 18.0. The van der Waals surface area contributed by atoms with E-state index in [1.54, 1.807) is 0 Å². The lowest BCUT2D eigenvalue weighted by Crippen LogP contribution is -2.67. The van der Waals surface area contributed by atoms with Gasteiger partial charge in [0.15, 0.2) is 12.6 Å². The molecule has 13 nitrogen and oxygen atoms in total. The summed E-state index contributed by atoms with van der Waals surface area (Å²) >= 11 is 0. The molecule has 0 aliphatic carbocycles. The van der Waals surface area contributed by atoms with Crippen molar-refractivity contribution < 1.29 is 54.4 Å². The SMILES string of the molecule is CC(=O)N[C@H]1[C@@H](O[C@@H]2[C@H](O)[C@@H](O)[C@@H](OCCCCCN)O[C@@H]2CO)O[C@H](CO)[C@H](O)[C@@H]1O. The van der Waals surface area contributed by atoms with Crippen LogP contribution in [0.1, 0.15) is 26.2 Å². The lowest BCUT2D eigenvalue weighted by molar-refractivity contribution is -0.347. The minimum Gasteiger partial charge on any atom is -0.394 e. The fraction of sp³-hybridized carbons (Fsp3) is 0.947. The Kier molecular flexibility index (Phi) is 11.1. The maximum absolute atomic E-state index is 11.6. The minimum atomic E-state index is -1.58. The number of amides is 1. The van der Waals surface area contributed by atoms with E-state index < -0.39 is 80.5 Å². The van der Waals surface area contributed by atoms with Gasteiger partial charge in [0.1, 0.15) is 48.8 Å². The Morgan fingerprint density at radius 2 is 1.56 bits per heavy atom. The van der Waals surface area contributed by atoms with E-state index >= 15 is 0 Å². The Bertz CT molecular complexity index is 569. The molecule has 0 radical (unpaired) electrons. The Labute approximate surface area is 186 Å². The number of carbonyl (C=O) groups excluding carboxylic acids is 1. The van der Waals surface area contributed by atoms with Crippen molar-refractivity contribution in [3.05, 3.63) is 0 Å². The van der Waals surface area contributed by atoms with Crippen molar-refractivity contribution in [3.8, 4) is 0 Å². The molecule has 0 aromatic heterocycles. The van der Waals surface area contributed by atoms with Gasteiger partial charge in [-0.15, -0.1) is 0 Å². The van der Waals surface area contributed by atoms with Crippen LogP contribution in [0.2, 0.25) is 0 Å². The maximum Gasteiger partial charge on any atom is 0.217 e. The predicted molar refractivity (Wildman–Crippen MR) is 107 cm³/mol. The van der Waals surface area contributed by atoms with E-state index in [0.29, 0.717) is 13.0 Å². The van der Waals surface area contributed by atoms with Gasteiger partial charge in [-0.3, -0.25) is 4.79 Å². The van der Waals surface area contributed by atoms with Gasteiger partial charge in [-0.25, -0.2) is 0 Å². The van der Waals surface area contributed by atoms with Crippen molar-refractivity contribution in [1.29, 1.82) is 0 Å². The van der Waals surface area contributed by atoms with E-state index in [4.69, 9.17) is 24.7 Å². The molecule has 0 saturated carbocycles. The van der Waals surface area contributed by atoms with Crippen LogP contribution in [0.4, 0.5) is 0 Å². The molecule has 9 N–H and O–H groups in total. The number of aliphatic hydroxyl groups is 6. The van der Waals surface area contributed by atoms with E-state index in [-0.39, 0.29) is 6.61 Å². The highest BCUT2D eigenvalue weighted by molar-refractivity contribution is 5.73. The van der Waals surface area contributed by atoms with Crippen molar-refractivity contribution in [2.75, 3.05) is 26.4 Å². The first-order valence-electron chi connectivity index (χ1n) is 10.7. The van der Waals surface area contributed by atoms with Crippen LogP contribution in [0.5, 0.6) is 0 Å². The first kappa shape index (κ1) is 27.3. The lowest BCUT2D eigenvalue weighted by Gasteiger charge is -2.47. The van der Waals surface area contributed by atoms with Gasteiger partial charge in [-0.05, 0) is 25.8 Å². The van der Waals surface area contributed by atoms with Gasteiger partial charge in [0, 0.05) is 13.5 Å². The average molecular weight is 469 g/mol. The summed E-state index contributed by atoms with van der Waals surface area (Å²) in [6.07, 6.45) is -10.2. The molecule has 2 saturated heterocycles. The van der Waals surface area contributed by atoms with Gasteiger partial charge in [0.25, 0.3) is 0 Å². The number of ether oxygens (including phenoxy) is 4. The van der Waals surface area contributed by atoms with E-state index in [2.05, 4.69) is 5.32 Å². The molecule has 2 aliphatic heterocycles. The van der Waals surface area contributed by atoms with Crippen molar-refractivity contribution in [3.63, 3.8) is 0 Å². The highest BCUT2D eigenvalue weighted by Crippen LogP contribution is 2.29. The summed E-state index contributed by atoms with van der Waals surface area (Å²) in [6, 6.07) is -1.26. The van der Waals surface area contributed by atoms with Gasteiger partial charge in [0.05, 0.1) is 13.2 Å². The number of unbranched alkanes of at least 4 members (excludes halogenated alkanes) is 2. The van der Waals surface area contributed by atoms with Crippen LogP contribution in [0.3, 0.4) is 0 Å². The number of aliphatic hydroxyl groups excluding tert-OH is 6. The quantitative estimate of drug-likeness (QED) is 0.136. The molecule has 188 valence electrons. The standard InChI is InChI=1S/C19H36N2O11/c1-9(24)21-12-14(26)13(25)10(7-22)30-18(12)32-17-11(8-23)31-19(16(28)15(17)27)29-6-4-2-3-5-20/h10-19,22-23,25-28H,2-8,20H2,1H3,(H,21,24)/t10-,11-,12-,13+,14-,15-,16-,17+,18-,19+/m1/s1. The fourth-order valence-electron chi connectivity index (χ4n) is 3.72. The molecule has 0 unspecified atom stereocenters. The zero-order chi connectivity index (χ0) is 23.8. The highest BCUT2D eigenvalue weighted by atomic mass is 16.7. The first-order chi connectivity index (χ1) is 15.2. The second kappa shape index (κ2) is 13.1. The van der Waals surface area contributed by atoms with E-state index in [1.165, 1.54) is 6.92 Å². The van der Waals surface area contributed by atoms with Gasteiger partial charge >= 0.3 is 0 Å². The molecule has 2 aliphatic rings. The Morgan fingerprint density at radius 3 is 2.16 bits per heavy atom. The Balaban J connectivity index is 2.09. The molecule has 0 aromatic carbocycles. The van der Waals surface area contributed by atoms with Crippen LogP contribution in [-0.2, 0) is 23.7 Å². The summed E-state index contributed by atoms with van der Waals surface area (Å²) in [4.78, 5) is 11.6. The summed E-state index contributed by atoms with van der Waals surface area (Å²) in [7, 11) is 0. The lowest BCUT2D eigenvalue weighted by atomic mass is 9.95. The second-order valence-electron chi connectivity index (χ2n) is 7.96. The predicted octanol–water partition coefficient (Wildman–Crippen LogP) is -4.10. The molecule has 13 heteroatoms. The van der Waals surface area contributed by atoms with Crippen LogP contribution in [0, 0.1) is 0 Å². The summed E-state index contributed by atoms with van der Waals surface area (Å²) in [5.41, 5.74) is 5.44. The summed E-state index contributed by atoms with van der Waals surface area (Å²) in [6.45, 7) is 0.728. The smallest absolute Gasteiger partial charge is 0.217 e. The van der Waals surface area contributed by atoms with Crippen LogP contribution in [-0.4, -0.2) is 124 Å². The van der Waals surface area contributed by atoms with Gasteiger partial charge in [0.2, 0.25) is 5.91 Å². The summed E-state index contributed by atoms with van der Waals surface area (Å²) in [5, 5.41) is 63.1. The normalized spacial score (nSPS) is 40.2. The molecular formula is C19H36N2O11. The summed E-state index contributed by atoms with van der Waals surface area (Å²) in [5.74, 6) is -0.553. The van der Waals surface area contributed by atoms with Gasteiger partial charge < -0.3 is 60.6 Å².